The summed E-state index contributed by atoms with van der Waals surface area (Å²) in [6, 6.07) is 13.2. The number of ether oxygens (including phenoxy) is 1. The van der Waals surface area contributed by atoms with Gasteiger partial charge in [0.1, 0.15) is 16.9 Å². The monoisotopic (exact) mass is 462 g/mol. The molecule has 12 heteroatoms. The highest BCUT2D eigenvalue weighted by atomic mass is 35.5. The van der Waals surface area contributed by atoms with Gasteiger partial charge >= 0.3 is 10.1 Å². The Labute approximate surface area is 182 Å². The molecule has 0 aliphatic carbocycles. The molecular formula is C19H15ClN4O6S. The maximum absolute atomic E-state index is 12.5. The minimum absolute atomic E-state index is 0.00577. The Morgan fingerprint density at radius 2 is 1.94 bits per heavy atom. The SMILES string of the molecule is COc1cc(/C=N\Nc2ccc([N+](=O)[O-])cn2)cc(Cl)c1OS(=O)(=O)c1ccccc1. The fraction of sp³-hybridized carbons (Fsp3) is 0.0526. The van der Waals surface area contributed by atoms with Crippen LogP contribution in [0.25, 0.3) is 0 Å². The summed E-state index contributed by atoms with van der Waals surface area (Å²) in [5, 5.41) is 14.6. The molecule has 1 N–H and O–H groups in total. The van der Waals surface area contributed by atoms with Crippen molar-refractivity contribution in [1.82, 2.24) is 4.98 Å². The van der Waals surface area contributed by atoms with Crippen LogP contribution >= 0.6 is 11.6 Å². The van der Waals surface area contributed by atoms with Crippen molar-refractivity contribution in [1.29, 1.82) is 0 Å². The number of aromatic nitrogens is 1. The van der Waals surface area contributed by atoms with E-state index in [1.165, 1.54) is 49.7 Å². The topological polar surface area (TPSA) is 133 Å². The van der Waals surface area contributed by atoms with Crippen LogP contribution in [0.5, 0.6) is 11.5 Å². The zero-order valence-corrected chi connectivity index (χ0v) is 17.5. The van der Waals surface area contributed by atoms with E-state index in [9.17, 15) is 18.5 Å². The first-order valence-electron chi connectivity index (χ1n) is 8.57. The summed E-state index contributed by atoms with van der Waals surface area (Å²) >= 11 is 6.22. The summed E-state index contributed by atoms with van der Waals surface area (Å²) in [6.45, 7) is 0. The molecule has 0 amide bonds. The second-order valence-electron chi connectivity index (χ2n) is 5.91. The van der Waals surface area contributed by atoms with E-state index in [4.69, 9.17) is 20.5 Å². The highest BCUT2D eigenvalue weighted by molar-refractivity contribution is 7.87. The Morgan fingerprint density at radius 1 is 1.19 bits per heavy atom. The van der Waals surface area contributed by atoms with Crippen molar-refractivity contribution in [3.63, 3.8) is 0 Å². The van der Waals surface area contributed by atoms with Crippen molar-refractivity contribution in [3.05, 3.63) is 81.5 Å². The minimum atomic E-state index is -4.11. The number of hydrogen-bond donors (Lipinski definition) is 1. The van der Waals surface area contributed by atoms with E-state index in [0.29, 0.717) is 5.56 Å². The standard InChI is InChI=1S/C19H15ClN4O6S/c1-29-17-10-13(11-22-23-18-8-7-14(12-21-18)24(25)26)9-16(20)19(17)30-31(27,28)15-5-3-2-4-6-15/h2-12H,1H3,(H,21,23)/b22-11-. The molecule has 0 aliphatic heterocycles. The van der Waals surface area contributed by atoms with Gasteiger partial charge in [-0.1, -0.05) is 29.8 Å². The maximum Gasteiger partial charge on any atom is 0.339 e. The van der Waals surface area contributed by atoms with Gasteiger partial charge in [-0.05, 0) is 35.9 Å². The molecule has 0 bridgehead atoms. The quantitative estimate of drug-likeness (QED) is 0.231. The van der Waals surface area contributed by atoms with Crippen LogP contribution in [-0.4, -0.2) is 31.6 Å². The van der Waals surface area contributed by atoms with E-state index in [1.54, 1.807) is 18.2 Å². The first-order chi connectivity index (χ1) is 14.8. The van der Waals surface area contributed by atoms with Gasteiger partial charge in [0, 0.05) is 6.07 Å². The lowest BCUT2D eigenvalue weighted by Gasteiger charge is -2.13. The number of methoxy groups -OCH3 is 1. The molecule has 0 saturated heterocycles. The summed E-state index contributed by atoms with van der Waals surface area (Å²) in [5.41, 5.74) is 2.94. The average Bonchev–Trinajstić information content (AvgIpc) is 2.76. The van der Waals surface area contributed by atoms with Crippen molar-refractivity contribution < 1.29 is 22.3 Å². The van der Waals surface area contributed by atoms with Crippen LogP contribution < -0.4 is 14.3 Å². The Morgan fingerprint density at radius 3 is 2.55 bits per heavy atom. The summed E-state index contributed by atoms with van der Waals surface area (Å²) in [7, 11) is -2.77. The Kier molecular flexibility index (Phi) is 6.68. The van der Waals surface area contributed by atoms with Gasteiger partial charge in [-0.25, -0.2) is 4.98 Å². The van der Waals surface area contributed by atoms with Gasteiger partial charge in [-0.15, -0.1) is 0 Å². The van der Waals surface area contributed by atoms with Gasteiger partial charge < -0.3 is 8.92 Å². The Hall–Kier alpha value is -3.70. The lowest BCUT2D eigenvalue weighted by atomic mass is 10.2. The number of anilines is 1. The number of rotatable bonds is 8. The number of nitrogens with zero attached hydrogens (tertiary/aromatic N) is 3. The number of nitrogens with one attached hydrogen (secondary N) is 1. The lowest BCUT2D eigenvalue weighted by Crippen LogP contribution is -2.11. The zero-order valence-electron chi connectivity index (χ0n) is 15.9. The number of nitro groups is 1. The van der Waals surface area contributed by atoms with Crippen molar-refractivity contribution in [2.24, 2.45) is 5.10 Å². The predicted octanol–water partition coefficient (Wildman–Crippen LogP) is 3.87. The third kappa shape index (κ3) is 5.47. The average molecular weight is 463 g/mol. The molecule has 0 spiro atoms. The number of hydrogen-bond acceptors (Lipinski definition) is 9. The first kappa shape index (κ1) is 22.0. The Balaban J connectivity index is 1.79. The molecule has 0 aliphatic rings. The third-order valence-corrected chi connectivity index (χ3v) is 5.34. The van der Waals surface area contributed by atoms with E-state index in [1.807, 2.05) is 0 Å². The molecule has 10 nitrogen and oxygen atoms in total. The van der Waals surface area contributed by atoms with E-state index in [2.05, 4.69) is 15.5 Å². The van der Waals surface area contributed by atoms with Crippen molar-refractivity contribution in [2.75, 3.05) is 12.5 Å². The van der Waals surface area contributed by atoms with Crippen molar-refractivity contribution in [3.8, 4) is 11.5 Å². The molecule has 3 rings (SSSR count). The lowest BCUT2D eigenvalue weighted by molar-refractivity contribution is -0.385. The molecule has 31 heavy (non-hydrogen) atoms. The van der Waals surface area contributed by atoms with Crippen molar-refractivity contribution >= 4 is 39.4 Å². The number of pyridine rings is 1. The second kappa shape index (κ2) is 9.41. The molecule has 0 radical (unpaired) electrons. The molecule has 1 aromatic heterocycles. The van der Waals surface area contributed by atoms with Crippen LogP contribution in [0, 0.1) is 10.1 Å². The van der Waals surface area contributed by atoms with Gasteiger partial charge in [0.05, 0.1) is 23.3 Å². The molecule has 0 fully saturated rings. The van der Waals surface area contributed by atoms with Gasteiger partial charge in [0.2, 0.25) is 5.75 Å². The first-order valence-corrected chi connectivity index (χ1v) is 10.4. The van der Waals surface area contributed by atoms with Gasteiger partial charge in [0.15, 0.2) is 5.75 Å². The molecule has 3 aromatic rings. The second-order valence-corrected chi connectivity index (χ2v) is 7.87. The summed E-state index contributed by atoms with van der Waals surface area (Å²) in [4.78, 5) is 13.9. The maximum atomic E-state index is 12.5. The van der Waals surface area contributed by atoms with E-state index >= 15 is 0 Å². The predicted molar refractivity (Wildman–Crippen MR) is 114 cm³/mol. The Bertz CT molecular complexity index is 1220. The summed E-state index contributed by atoms with van der Waals surface area (Å²) < 4.78 is 35.4. The molecule has 0 saturated carbocycles. The van der Waals surface area contributed by atoms with Crippen molar-refractivity contribution in [2.45, 2.75) is 4.90 Å². The summed E-state index contributed by atoms with van der Waals surface area (Å²) in [5.74, 6) is 0.214. The number of benzene rings is 2. The molecule has 160 valence electrons. The largest absolute Gasteiger partial charge is 0.493 e. The fourth-order valence-corrected chi connectivity index (χ4v) is 3.65. The van der Waals surface area contributed by atoms with Crippen LogP contribution in [-0.2, 0) is 10.1 Å². The molecular weight excluding hydrogens is 448 g/mol. The molecule has 1 heterocycles. The minimum Gasteiger partial charge on any atom is -0.493 e. The van der Waals surface area contributed by atoms with Crippen LogP contribution in [0.3, 0.4) is 0 Å². The summed E-state index contributed by atoms with van der Waals surface area (Å²) in [6.07, 6.45) is 2.48. The number of halogens is 1. The fourth-order valence-electron chi connectivity index (χ4n) is 2.37. The van der Waals surface area contributed by atoms with Crippen LogP contribution in [0.4, 0.5) is 11.5 Å². The molecule has 0 atom stereocenters. The van der Waals surface area contributed by atoms with Crippen LogP contribution in [0.15, 0.2) is 70.8 Å². The third-order valence-electron chi connectivity index (χ3n) is 3.83. The molecule has 2 aromatic carbocycles. The van der Waals surface area contributed by atoms with E-state index < -0.39 is 15.0 Å². The smallest absolute Gasteiger partial charge is 0.339 e. The van der Waals surface area contributed by atoms with Crippen LogP contribution in [0.2, 0.25) is 5.02 Å². The normalized spacial score (nSPS) is 11.3. The highest BCUT2D eigenvalue weighted by Crippen LogP contribution is 2.38. The zero-order chi connectivity index (χ0) is 22.4. The van der Waals surface area contributed by atoms with Gasteiger partial charge in [0.25, 0.3) is 5.69 Å². The van der Waals surface area contributed by atoms with Gasteiger partial charge in [-0.2, -0.15) is 13.5 Å². The van der Waals surface area contributed by atoms with E-state index in [-0.39, 0.29) is 32.9 Å². The number of hydrazone groups is 1. The van der Waals surface area contributed by atoms with Crippen LogP contribution in [0.1, 0.15) is 5.56 Å². The highest BCUT2D eigenvalue weighted by Gasteiger charge is 2.21. The molecule has 0 unspecified atom stereocenters. The van der Waals surface area contributed by atoms with E-state index in [0.717, 1.165) is 6.20 Å². The van der Waals surface area contributed by atoms with Gasteiger partial charge in [-0.3, -0.25) is 15.5 Å².